The lowest BCUT2D eigenvalue weighted by atomic mass is 10.4. The minimum atomic E-state index is -0.997. The second kappa shape index (κ2) is 1.89. The SMILES string of the molecule is Cn1[c]c(C(=O)O)cn1. The molecule has 0 fully saturated rings. The molecule has 1 heterocycles. The van der Waals surface area contributed by atoms with E-state index in [0.29, 0.717) is 0 Å². The van der Waals surface area contributed by atoms with Crippen LogP contribution in [-0.2, 0) is 7.05 Å². The highest BCUT2D eigenvalue weighted by Gasteiger charge is 2.03. The average Bonchev–Trinajstić information content (AvgIpc) is 2.14. The summed E-state index contributed by atoms with van der Waals surface area (Å²) < 4.78 is 1.32. The fourth-order valence-electron chi connectivity index (χ4n) is 0.479. The summed E-state index contributed by atoms with van der Waals surface area (Å²) in [5, 5.41) is 11.9. The van der Waals surface area contributed by atoms with E-state index in [1.165, 1.54) is 10.9 Å². The molecule has 0 amide bonds. The van der Waals surface area contributed by atoms with Gasteiger partial charge < -0.3 is 5.11 Å². The highest BCUT2D eigenvalue weighted by molar-refractivity contribution is 5.86. The van der Waals surface area contributed by atoms with Crippen molar-refractivity contribution >= 4 is 5.97 Å². The van der Waals surface area contributed by atoms with Crippen LogP contribution in [0.4, 0.5) is 0 Å². The van der Waals surface area contributed by atoms with Crippen molar-refractivity contribution in [3.63, 3.8) is 0 Å². The van der Waals surface area contributed by atoms with Crippen LogP contribution >= 0.6 is 0 Å². The Hall–Kier alpha value is -1.32. The standard InChI is InChI=1S/C5H5N2O2/c1-7-3-4(2-6-7)5(8)9/h2H,1H3,(H,8,9). The minimum Gasteiger partial charge on any atom is -0.478 e. The lowest BCUT2D eigenvalue weighted by molar-refractivity contribution is 0.0696. The van der Waals surface area contributed by atoms with Crippen molar-refractivity contribution in [2.24, 2.45) is 7.05 Å². The van der Waals surface area contributed by atoms with E-state index >= 15 is 0 Å². The molecule has 0 bridgehead atoms. The highest BCUT2D eigenvalue weighted by Crippen LogP contribution is 1.92. The molecule has 1 radical (unpaired) electrons. The van der Waals surface area contributed by atoms with Gasteiger partial charge in [-0.25, -0.2) is 4.79 Å². The zero-order chi connectivity index (χ0) is 6.85. The summed E-state index contributed by atoms with van der Waals surface area (Å²) in [6.07, 6.45) is 3.73. The first kappa shape index (κ1) is 5.81. The molecule has 1 aromatic heterocycles. The number of aromatic nitrogens is 2. The van der Waals surface area contributed by atoms with Crippen LogP contribution in [0.3, 0.4) is 0 Å². The van der Waals surface area contributed by atoms with Crippen molar-refractivity contribution < 1.29 is 9.90 Å². The van der Waals surface area contributed by atoms with Gasteiger partial charge in [0.05, 0.1) is 6.20 Å². The van der Waals surface area contributed by atoms with Gasteiger partial charge in [-0.2, -0.15) is 5.10 Å². The summed E-state index contributed by atoms with van der Waals surface area (Å²) in [5.74, 6) is -0.997. The summed E-state index contributed by atoms with van der Waals surface area (Å²) in [4.78, 5) is 10.1. The zero-order valence-electron chi connectivity index (χ0n) is 4.83. The second-order valence-electron chi connectivity index (χ2n) is 1.60. The lowest BCUT2D eigenvalue weighted by Crippen LogP contribution is -1.93. The van der Waals surface area contributed by atoms with Crippen LogP contribution in [0.25, 0.3) is 0 Å². The number of aromatic carboxylic acids is 1. The van der Waals surface area contributed by atoms with Crippen LogP contribution in [0.2, 0.25) is 0 Å². The molecule has 0 spiro atoms. The lowest BCUT2D eigenvalue weighted by Gasteiger charge is -1.79. The van der Waals surface area contributed by atoms with Gasteiger partial charge in [0.2, 0.25) is 0 Å². The summed E-state index contributed by atoms with van der Waals surface area (Å²) >= 11 is 0. The molecule has 1 aromatic rings. The van der Waals surface area contributed by atoms with E-state index in [1.807, 2.05) is 0 Å². The van der Waals surface area contributed by atoms with Crippen LogP contribution in [-0.4, -0.2) is 20.9 Å². The van der Waals surface area contributed by atoms with Gasteiger partial charge in [-0.1, -0.05) is 0 Å². The van der Waals surface area contributed by atoms with Gasteiger partial charge >= 0.3 is 5.97 Å². The third-order valence-corrected chi connectivity index (χ3v) is 0.873. The summed E-state index contributed by atoms with van der Waals surface area (Å²) in [7, 11) is 1.62. The predicted molar refractivity (Wildman–Crippen MR) is 29.0 cm³/mol. The second-order valence-corrected chi connectivity index (χ2v) is 1.60. The van der Waals surface area contributed by atoms with Crippen molar-refractivity contribution in [1.29, 1.82) is 0 Å². The number of carbonyl (C=O) groups is 1. The van der Waals surface area contributed by atoms with E-state index in [2.05, 4.69) is 11.3 Å². The topological polar surface area (TPSA) is 55.1 Å². The normalized spacial score (nSPS) is 9.44. The van der Waals surface area contributed by atoms with Crippen LogP contribution in [0, 0.1) is 6.20 Å². The molecule has 0 aromatic carbocycles. The van der Waals surface area contributed by atoms with E-state index in [0.717, 1.165) is 0 Å². The maximum Gasteiger partial charge on any atom is 0.339 e. The molecule has 1 rings (SSSR count). The monoisotopic (exact) mass is 125 g/mol. The van der Waals surface area contributed by atoms with E-state index in [-0.39, 0.29) is 5.56 Å². The molecule has 4 heteroatoms. The Morgan fingerprint density at radius 1 is 2.00 bits per heavy atom. The molecule has 0 aliphatic carbocycles. The minimum absolute atomic E-state index is 0.0949. The van der Waals surface area contributed by atoms with Crippen molar-refractivity contribution in [3.05, 3.63) is 18.0 Å². The third kappa shape index (κ3) is 1.07. The van der Waals surface area contributed by atoms with Gasteiger partial charge in [0.15, 0.2) is 0 Å². The van der Waals surface area contributed by atoms with Gasteiger partial charge in [-0.15, -0.1) is 0 Å². The molecule has 1 N–H and O–H groups in total. The average molecular weight is 125 g/mol. The predicted octanol–water partition coefficient (Wildman–Crippen LogP) is -0.0815. The smallest absolute Gasteiger partial charge is 0.339 e. The number of carboxylic acid groups (broad SMARTS) is 1. The number of nitrogens with zero attached hydrogens (tertiary/aromatic N) is 2. The Balaban J connectivity index is 2.98. The number of hydrogen-bond acceptors (Lipinski definition) is 2. The number of carboxylic acids is 1. The Kier molecular flexibility index (Phi) is 1.22. The maximum atomic E-state index is 10.1. The Morgan fingerprint density at radius 3 is 2.89 bits per heavy atom. The molecule has 0 saturated heterocycles. The molecule has 0 aliphatic rings. The molecular formula is C5H5N2O2. The third-order valence-electron chi connectivity index (χ3n) is 0.873. The summed E-state index contributed by atoms with van der Waals surface area (Å²) in [6, 6.07) is 0. The number of rotatable bonds is 1. The summed E-state index contributed by atoms with van der Waals surface area (Å²) in [5.41, 5.74) is 0.0949. The van der Waals surface area contributed by atoms with Gasteiger partial charge in [0, 0.05) is 7.05 Å². The van der Waals surface area contributed by atoms with Gasteiger partial charge in [0.25, 0.3) is 0 Å². The van der Waals surface area contributed by atoms with Gasteiger partial charge in [0.1, 0.15) is 11.8 Å². The Morgan fingerprint density at radius 2 is 2.67 bits per heavy atom. The van der Waals surface area contributed by atoms with E-state index in [1.54, 1.807) is 7.05 Å². The van der Waals surface area contributed by atoms with Gasteiger partial charge in [-0.05, 0) is 0 Å². The maximum absolute atomic E-state index is 10.1. The zero-order valence-corrected chi connectivity index (χ0v) is 4.83. The first-order chi connectivity index (χ1) is 4.20. The summed E-state index contributed by atoms with van der Waals surface area (Å²) in [6.45, 7) is 0. The molecule has 0 atom stereocenters. The van der Waals surface area contributed by atoms with Crippen molar-refractivity contribution in [1.82, 2.24) is 9.78 Å². The van der Waals surface area contributed by atoms with Crippen LogP contribution in [0.15, 0.2) is 6.20 Å². The van der Waals surface area contributed by atoms with E-state index in [4.69, 9.17) is 5.11 Å². The molecule has 0 saturated carbocycles. The number of hydrogen-bond donors (Lipinski definition) is 1. The highest BCUT2D eigenvalue weighted by atomic mass is 16.4. The molecule has 0 aliphatic heterocycles. The first-order valence-corrected chi connectivity index (χ1v) is 2.35. The van der Waals surface area contributed by atoms with E-state index < -0.39 is 5.97 Å². The van der Waals surface area contributed by atoms with Crippen LogP contribution in [0.5, 0.6) is 0 Å². The van der Waals surface area contributed by atoms with Gasteiger partial charge in [-0.3, -0.25) is 4.68 Å². The van der Waals surface area contributed by atoms with Crippen molar-refractivity contribution in [2.75, 3.05) is 0 Å². The Labute approximate surface area is 51.7 Å². The Bertz CT molecular complexity index is 229. The van der Waals surface area contributed by atoms with Crippen molar-refractivity contribution in [2.45, 2.75) is 0 Å². The van der Waals surface area contributed by atoms with Crippen LogP contribution in [0.1, 0.15) is 10.4 Å². The molecule has 9 heavy (non-hydrogen) atoms. The molecule has 4 nitrogen and oxygen atoms in total. The largest absolute Gasteiger partial charge is 0.478 e. The van der Waals surface area contributed by atoms with Crippen molar-refractivity contribution in [3.8, 4) is 0 Å². The molecule has 0 unspecified atom stereocenters. The molecular weight excluding hydrogens is 120 g/mol. The van der Waals surface area contributed by atoms with Crippen LogP contribution < -0.4 is 0 Å². The van der Waals surface area contributed by atoms with E-state index in [9.17, 15) is 4.79 Å². The quantitative estimate of drug-likeness (QED) is 0.571. The number of aryl methyl sites for hydroxylation is 1. The first-order valence-electron chi connectivity index (χ1n) is 2.35. The fraction of sp³-hybridized carbons (Fsp3) is 0.200. The molecule has 47 valence electrons. The fourth-order valence-corrected chi connectivity index (χ4v) is 0.479.